The smallest absolute Gasteiger partial charge is 0.243 e. The summed E-state index contributed by atoms with van der Waals surface area (Å²) in [7, 11) is -3.52. The Labute approximate surface area is 137 Å². The number of carbonyl (C=O) groups is 1. The molecule has 21 heavy (non-hydrogen) atoms. The average molecular weight is 396 g/mol. The highest BCUT2D eigenvalue weighted by molar-refractivity contribution is 9.10. The van der Waals surface area contributed by atoms with Gasteiger partial charge in [-0.15, -0.1) is 0 Å². The summed E-state index contributed by atoms with van der Waals surface area (Å²) in [6.07, 6.45) is 1.24. The van der Waals surface area contributed by atoms with Crippen molar-refractivity contribution < 1.29 is 13.2 Å². The summed E-state index contributed by atoms with van der Waals surface area (Å²) in [4.78, 5) is 11.2. The SMILES string of the molecule is CC(=O)NC1CCN(S(=O)(=O)c2ccc(Cl)c(Br)c2)CC1. The third kappa shape index (κ3) is 3.97. The van der Waals surface area contributed by atoms with Crippen LogP contribution in [-0.4, -0.2) is 37.8 Å². The van der Waals surface area contributed by atoms with Gasteiger partial charge in [-0.05, 0) is 47.0 Å². The van der Waals surface area contributed by atoms with Gasteiger partial charge in [-0.3, -0.25) is 4.79 Å². The fourth-order valence-electron chi connectivity index (χ4n) is 2.31. The van der Waals surface area contributed by atoms with Crippen molar-refractivity contribution in [1.82, 2.24) is 9.62 Å². The van der Waals surface area contributed by atoms with Crippen molar-refractivity contribution in [1.29, 1.82) is 0 Å². The molecule has 0 saturated carbocycles. The molecule has 1 aromatic carbocycles. The number of piperidine rings is 1. The molecule has 116 valence electrons. The molecule has 1 aliphatic rings. The zero-order valence-corrected chi connectivity index (χ0v) is 14.6. The van der Waals surface area contributed by atoms with E-state index in [1.165, 1.54) is 23.4 Å². The van der Waals surface area contributed by atoms with E-state index >= 15 is 0 Å². The maximum absolute atomic E-state index is 12.6. The number of sulfonamides is 1. The molecule has 0 atom stereocenters. The van der Waals surface area contributed by atoms with Crippen LogP contribution in [0.3, 0.4) is 0 Å². The first-order chi connectivity index (χ1) is 9.80. The monoisotopic (exact) mass is 394 g/mol. The van der Waals surface area contributed by atoms with E-state index in [4.69, 9.17) is 11.6 Å². The van der Waals surface area contributed by atoms with E-state index in [1.807, 2.05) is 0 Å². The largest absolute Gasteiger partial charge is 0.354 e. The first-order valence-electron chi connectivity index (χ1n) is 6.53. The van der Waals surface area contributed by atoms with E-state index in [1.54, 1.807) is 6.07 Å². The Kier molecular flexibility index (Phi) is 5.29. The number of hydrogen-bond donors (Lipinski definition) is 1. The average Bonchev–Trinajstić information content (AvgIpc) is 2.41. The van der Waals surface area contributed by atoms with Crippen LogP contribution < -0.4 is 5.32 Å². The van der Waals surface area contributed by atoms with Gasteiger partial charge in [0, 0.05) is 30.5 Å². The lowest BCUT2D eigenvalue weighted by Crippen LogP contribution is -2.45. The molecule has 0 bridgehead atoms. The molecule has 0 spiro atoms. The lowest BCUT2D eigenvalue weighted by atomic mass is 10.1. The summed E-state index contributed by atoms with van der Waals surface area (Å²) in [6.45, 7) is 2.26. The van der Waals surface area contributed by atoms with Crippen LogP contribution in [0.2, 0.25) is 5.02 Å². The number of carbonyl (C=O) groups excluding carboxylic acids is 1. The zero-order valence-electron chi connectivity index (χ0n) is 11.5. The van der Waals surface area contributed by atoms with E-state index in [0.29, 0.717) is 35.4 Å². The molecule has 1 N–H and O–H groups in total. The number of benzene rings is 1. The molecular weight excluding hydrogens is 380 g/mol. The van der Waals surface area contributed by atoms with E-state index in [9.17, 15) is 13.2 Å². The molecule has 0 unspecified atom stereocenters. The van der Waals surface area contributed by atoms with Crippen LogP contribution in [0.25, 0.3) is 0 Å². The van der Waals surface area contributed by atoms with Gasteiger partial charge in [0.15, 0.2) is 0 Å². The van der Waals surface area contributed by atoms with Gasteiger partial charge < -0.3 is 5.32 Å². The van der Waals surface area contributed by atoms with Gasteiger partial charge in [-0.2, -0.15) is 4.31 Å². The van der Waals surface area contributed by atoms with Crippen LogP contribution in [0.5, 0.6) is 0 Å². The number of nitrogens with zero attached hydrogens (tertiary/aromatic N) is 1. The van der Waals surface area contributed by atoms with Crippen LogP contribution in [0.4, 0.5) is 0 Å². The van der Waals surface area contributed by atoms with Crippen LogP contribution in [0, 0.1) is 0 Å². The Morgan fingerprint density at radius 1 is 1.38 bits per heavy atom. The maximum atomic E-state index is 12.6. The third-order valence-electron chi connectivity index (χ3n) is 3.39. The molecule has 0 radical (unpaired) electrons. The van der Waals surface area contributed by atoms with E-state index in [2.05, 4.69) is 21.2 Å². The summed E-state index contributed by atoms with van der Waals surface area (Å²) in [6, 6.07) is 4.62. The van der Waals surface area contributed by atoms with E-state index in [0.717, 1.165) is 0 Å². The molecule has 1 fully saturated rings. The van der Waals surface area contributed by atoms with Crippen molar-refractivity contribution in [3.05, 3.63) is 27.7 Å². The summed E-state index contributed by atoms with van der Waals surface area (Å²) in [5, 5.41) is 3.30. The topological polar surface area (TPSA) is 66.5 Å². The molecule has 1 heterocycles. The Morgan fingerprint density at radius 2 is 2.00 bits per heavy atom. The fraction of sp³-hybridized carbons (Fsp3) is 0.462. The van der Waals surface area contributed by atoms with Crippen LogP contribution >= 0.6 is 27.5 Å². The minimum absolute atomic E-state index is 0.0471. The summed E-state index contributed by atoms with van der Waals surface area (Å²) >= 11 is 9.13. The highest BCUT2D eigenvalue weighted by Crippen LogP contribution is 2.28. The van der Waals surface area contributed by atoms with E-state index < -0.39 is 10.0 Å². The van der Waals surface area contributed by atoms with Gasteiger partial charge in [0.2, 0.25) is 15.9 Å². The Bertz CT molecular complexity index is 643. The molecule has 1 saturated heterocycles. The second-order valence-electron chi connectivity index (χ2n) is 4.95. The second-order valence-corrected chi connectivity index (χ2v) is 8.15. The molecular formula is C13H16BrClN2O3S. The molecule has 8 heteroatoms. The highest BCUT2D eigenvalue weighted by Gasteiger charge is 2.29. The first-order valence-corrected chi connectivity index (χ1v) is 9.14. The van der Waals surface area contributed by atoms with Gasteiger partial charge in [-0.25, -0.2) is 8.42 Å². The fourth-order valence-corrected chi connectivity index (χ4v) is 4.46. The minimum atomic E-state index is -3.52. The third-order valence-corrected chi connectivity index (χ3v) is 6.50. The quantitative estimate of drug-likeness (QED) is 0.854. The predicted octanol–water partition coefficient (Wildman–Crippen LogP) is 2.39. The molecule has 2 rings (SSSR count). The lowest BCUT2D eigenvalue weighted by molar-refractivity contribution is -0.119. The van der Waals surface area contributed by atoms with Gasteiger partial charge in [0.05, 0.1) is 9.92 Å². The summed E-state index contributed by atoms with van der Waals surface area (Å²) < 4.78 is 27.1. The van der Waals surface area contributed by atoms with Crippen LogP contribution in [-0.2, 0) is 14.8 Å². The maximum Gasteiger partial charge on any atom is 0.243 e. The Balaban J connectivity index is 2.11. The number of hydrogen-bond acceptors (Lipinski definition) is 3. The van der Waals surface area contributed by atoms with Gasteiger partial charge in [-0.1, -0.05) is 11.6 Å². The van der Waals surface area contributed by atoms with Crippen molar-refractivity contribution >= 4 is 43.5 Å². The van der Waals surface area contributed by atoms with E-state index in [-0.39, 0.29) is 16.8 Å². The predicted molar refractivity (Wildman–Crippen MR) is 84.7 cm³/mol. The number of nitrogens with one attached hydrogen (secondary N) is 1. The summed E-state index contributed by atoms with van der Waals surface area (Å²) in [5.74, 6) is -0.0852. The first kappa shape index (κ1) is 16.7. The van der Waals surface area contributed by atoms with Crippen LogP contribution in [0.1, 0.15) is 19.8 Å². The number of amides is 1. The lowest BCUT2D eigenvalue weighted by Gasteiger charge is -2.31. The molecule has 1 aliphatic heterocycles. The van der Waals surface area contributed by atoms with Crippen molar-refractivity contribution in [3.63, 3.8) is 0 Å². The van der Waals surface area contributed by atoms with Crippen molar-refractivity contribution in [2.75, 3.05) is 13.1 Å². The van der Waals surface area contributed by atoms with Gasteiger partial charge in [0.25, 0.3) is 0 Å². The van der Waals surface area contributed by atoms with Gasteiger partial charge in [0.1, 0.15) is 0 Å². The zero-order chi connectivity index (χ0) is 15.6. The molecule has 0 aliphatic carbocycles. The normalized spacial score (nSPS) is 17.7. The van der Waals surface area contributed by atoms with Crippen LogP contribution in [0.15, 0.2) is 27.6 Å². The number of rotatable bonds is 3. The molecule has 1 amide bonds. The standard InChI is InChI=1S/C13H16BrClN2O3S/c1-9(18)16-10-4-6-17(7-5-10)21(19,20)11-2-3-13(15)12(14)8-11/h2-3,8,10H,4-7H2,1H3,(H,16,18). The van der Waals surface area contributed by atoms with Gasteiger partial charge >= 0.3 is 0 Å². The van der Waals surface area contributed by atoms with Crippen molar-refractivity contribution in [2.45, 2.75) is 30.7 Å². The Hall–Kier alpha value is -0.630. The second kappa shape index (κ2) is 6.64. The molecule has 0 aromatic heterocycles. The van der Waals surface area contributed by atoms with Crippen molar-refractivity contribution in [3.8, 4) is 0 Å². The molecule has 1 aromatic rings. The Morgan fingerprint density at radius 3 is 2.52 bits per heavy atom. The molecule has 5 nitrogen and oxygen atoms in total. The highest BCUT2D eigenvalue weighted by atomic mass is 79.9. The minimum Gasteiger partial charge on any atom is -0.354 e. The number of halogens is 2. The van der Waals surface area contributed by atoms with Crippen molar-refractivity contribution in [2.24, 2.45) is 0 Å². The summed E-state index contributed by atoms with van der Waals surface area (Å²) in [5.41, 5.74) is 0.